The number of hydrogen-bond donors (Lipinski definition) is 1. The second kappa shape index (κ2) is 16.2. The second-order valence-electron chi connectivity index (χ2n) is 15.5. The van der Waals surface area contributed by atoms with Crippen LogP contribution in [0.15, 0.2) is 122 Å². The lowest BCUT2D eigenvalue weighted by Gasteiger charge is -2.39. The fourth-order valence-electron chi connectivity index (χ4n) is 6.88. The van der Waals surface area contributed by atoms with Crippen molar-refractivity contribution in [3.05, 3.63) is 144 Å². The SMILES string of the molecule is COc1ccc(C(OC[C@H]2O[C@@H](n3cnc4c(NC(=O)c5ccccc5)ncnc43)[C@H](O[Si](C)(C)C(C)(C)C)C2F)(c2ccccc2)c2ccc(OC)cc2)cc1. The van der Waals surface area contributed by atoms with Crippen molar-refractivity contribution >= 4 is 31.2 Å². The number of fused-ring (bicyclic) bond motifs is 1. The minimum absolute atomic E-state index is 0.151. The standard InChI is InChI=1S/C44H48FN5O6Si/c1-43(2,3)57(6,7)56-38-36(45)35(55-42(38)50-28-48-37-39(46-27-47-40(37)50)49-41(51)29-14-10-8-11-15-29)26-54-44(30-16-12-9-13-17-30,31-18-22-33(52-4)23-19-31)32-20-24-34(53-5)25-21-32/h8-25,27-28,35-36,38,42H,26H2,1-7H3,(H,46,47,49,51)/t35-,36?,38-,42-/m1/s1. The predicted octanol–water partition coefficient (Wildman–Crippen LogP) is 8.73. The lowest BCUT2D eigenvalue weighted by Crippen LogP contribution is -2.48. The smallest absolute Gasteiger partial charge is 0.256 e. The van der Waals surface area contributed by atoms with E-state index in [1.165, 1.54) is 12.7 Å². The monoisotopic (exact) mass is 789 g/mol. The Morgan fingerprint density at radius 1 is 0.807 bits per heavy atom. The lowest BCUT2D eigenvalue weighted by atomic mass is 9.80. The van der Waals surface area contributed by atoms with Crippen molar-refractivity contribution in [3.8, 4) is 11.5 Å². The third-order valence-electron chi connectivity index (χ3n) is 11.0. The molecular weight excluding hydrogens is 742 g/mol. The lowest BCUT2D eigenvalue weighted by molar-refractivity contribution is -0.0888. The van der Waals surface area contributed by atoms with E-state index in [4.69, 9.17) is 23.4 Å². The van der Waals surface area contributed by atoms with Crippen LogP contribution in [0.2, 0.25) is 18.1 Å². The minimum atomic E-state index is -2.58. The van der Waals surface area contributed by atoms with Gasteiger partial charge in [0, 0.05) is 5.56 Å². The number of carbonyl (C=O) groups excluding carboxylic acids is 1. The van der Waals surface area contributed by atoms with Crippen molar-refractivity contribution in [3.63, 3.8) is 0 Å². The Labute approximate surface area is 333 Å². The highest BCUT2D eigenvalue weighted by molar-refractivity contribution is 6.74. The van der Waals surface area contributed by atoms with Crippen molar-refractivity contribution < 1.29 is 32.6 Å². The summed E-state index contributed by atoms with van der Waals surface area (Å²) in [7, 11) is 0.661. The van der Waals surface area contributed by atoms with Crippen molar-refractivity contribution in [1.82, 2.24) is 19.5 Å². The van der Waals surface area contributed by atoms with Crippen LogP contribution in [0, 0.1) is 0 Å². The third kappa shape index (κ3) is 7.80. The van der Waals surface area contributed by atoms with Crippen LogP contribution in [-0.4, -0.2) is 72.9 Å². The van der Waals surface area contributed by atoms with Crippen molar-refractivity contribution in [2.45, 2.75) is 69.1 Å². The Balaban J connectivity index is 1.28. The molecule has 1 aliphatic heterocycles. The molecule has 11 nitrogen and oxygen atoms in total. The number of amides is 1. The van der Waals surface area contributed by atoms with Crippen LogP contribution in [0.5, 0.6) is 11.5 Å². The van der Waals surface area contributed by atoms with E-state index in [-0.39, 0.29) is 23.4 Å². The number of halogens is 1. The van der Waals surface area contributed by atoms with Crippen LogP contribution < -0.4 is 14.8 Å². The van der Waals surface area contributed by atoms with Gasteiger partial charge < -0.3 is 28.7 Å². The van der Waals surface area contributed by atoms with Crippen LogP contribution in [0.25, 0.3) is 11.2 Å². The van der Waals surface area contributed by atoms with Gasteiger partial charge >= 0.3 is 0 Å². The molecule has 4 atom stereocenters. The average Bonchev–Trinajstić information content (AvgIpc) is 3.79. The molecule has 1 unspecified atom stereocenters. The van der Waals surface area contributed by atoms with Gasteiger partial charge in [-0.15, -0.1) is 0 Å². The molecule has 57 heavy (non-hydrogen) atoms. The molecule has 0 saturated carbocycles. The fraction of sp³-hybridized carbons (Fsp3) is 0.318. The summed E-state index contributed by atoms with van der Waals surface area (Å²) in [5, 5.41) is 2.62. The summed E-state index contributed by atoms with van der Waals surface area (Å²) in [6.45, 7) is 10.3. The van der Waals surface area contributed by atoms with Gasteiger partial charge in [0.05, 0.1) is 27.2 Å². The molecule has 1 aliphatic rings. The largest absolute Gasteiger partial charge is 0.497 e. The van der Waals surface area contributed by atoms with Gasteiger partial charge in [-0.1, -0.05) is 93.6 Å². The molecule has 6 aromatic rings. The van der Waals surface area contributed by atoms with Crippen molar-refractivity contribution in [2.24, 2.45) is 0 Å². The molecule has 0 radical (unpaired) electrons. The van der Waals surface area contributed by atoms with Gasteiger partial charge in [-0.25, -0.2) is 19.3 Å². The summed E-state index contributed by atoms with van der Waals surface area (Å²) < 4.78 is 50.7. The van der Waals surface area contributed by atoms with Crippen LogP contribution in [-0.2, 0) is 19.5 Å². The van der Waals surface area contributed by atoms with E-state index in [1.54, 1.807) is 43.1 Å². The summed E-state index contributed by atoms with van der Waals surface area (Å²) in [4.78, 5) is 26.6. The molecule has 0 aliphatic carbocycles. The van der Waals surface area contributed by atoms with Crippen molar-refractivity contribution in [2.75, 3.05) is 26.1 Å². The number of anilines is 1. The zero-order chi connectivity index (χ0) is 40.4. The highest BCUT2D eigenvalue weighted by Gasteiger charge is 2.53. The Morgan fingerprint density at radius 2 is 1.37 bits per heavy atom. The maximum Gasteiger partial charge on any atom is 0.256 e. The number of aromatic nitrogens is 4. The van der Waals surface area contributed by atoms with E-state index in [0.29, 0.717) is 28.2 Å². The van der Waals surface area contributed by atoms with Gasteiger partial charge in [0.15, 0.2) is 37.7 Å². The number of nitrogens with one attached hydrogen (secondary N) is 1. The first-order chi connectivity index (χ1) is 27.4. The molecule has 1 N–H and O–H groups in total. The van der Waals surface area contributed by atoms with Crippen LogP contribution in [0.4, 0.5) is 10.2 Å². The molecule has 7 rings (SSSR count). The zero-order valence-electron chi connectivity index (χ0n) is 33.2. The Morgan fingerprint density at radius 3 is 1.93 bits per heavy atom. The molecule has 0 spiro atoms. The van der Waals surface area contributed by atoms with Gasteiger partial charge in [-0.3, -0.25) is 9.36 Å². The number of benzene rings is 4. The maximum absolute atomic E-state index is 17.4. The number of ether oxygens (including phenoxy) is 4. The second-order valence-corrected chi connectivity index (χ2v) is 20.3. The molecule has 13 heteroatoms. The fourth-order valence-corrected chi connectivity index (χ4v) is 8.16. The highest BCUT2D eigenvalue weighted by atomic mass is 28.4. The molecule has 2 aromatic heterocycles. The summed E-state index contributed by atoms with van der Waals surface area (Å²) in [6.07, 6.45) is -1.83. The molecule has 296 valence electrons. The van der Waals surface area contributed by atoms with E-state index in [1.807, 2.05) is 84.9 Å². The zero-order valence-corrected chi connectivity index (χ0v) is 34.2. The van der Waals surface area contributed by atoms with Gasteiger partial charge in [0.1, 0.15) is 35.6 Å². The molecule has 1 amide bonds. The minimum Gasteiger partial charge on any atom is -0.497 e. The number of imidazole rings is 1. The number of alkyl halides is 1. The number of rotatable bonds is 13. The van der Waals surface area contributed by atoms with E-state index >= 15 is 4.39 Å². The van der Waals surface area contributed by atoms with E-state index in [0.717, 1.165) is 16.7 Å². The Hall–Kier alpha value is -5.47. The first kappa shape index (κ1) is 39.8. The van der Waals surface area contributed by atoms with E-state index in [2.05, 4.69) is 54.1 Å². The summed E-state index contributed by atoms with van der Waals surface area (Å²) >= 11 is 0. The van der Waals surface area contributed by atoms with Gasteiger partial charge in [0.2, 0.25) is 0 Å². The quantitative estimate of drug-likeness (QED) is 0.0906. The number of nitrogens with zero attached hydrogens (tertiary/aromatic N) is 4. The van der Waals surface area contributed by atoms with E-state index < -0.39 is 38.5 Å². The topological polar surface area (TPSA) is 119 Å². The first-order valence-electron chi connectivity index (χ1n) is 18.9. The maximum atomic E-state index is 17.4. The average molecular weight is 790 g/mol. The van der Waals surface area contributed by atoms with Crippen LogP contribution in [0.3, 0.4) is 0 Å². The summed E-state index contributed by atoms with van der Waals surface area (Å²) in [6, 6.07) is 34.0. The molecule has 1 fully saturated rings. The molecule has 0 bridgehead atoms. The molecule has 1 saturated heterocycles. The van der Waals surface area contributed by atoms with Crippen LogP contribution >= 0.6 is 0 Å². The van der Waals surface area contributed by atoms with Gasteiger partial charge in [-0.05, 0) is 71.2 Å². The summed E-state index contributed by atoms with van der Waals surface area (Å²) in [5.41, 5.74) is 2.39. The molecule has 3 heterocycles. The number of carbonyl (C=O) groups is 1. The molecular formula is C44H48FN5O6Si. The summed E-state index contributed by atoms with van der Waals surface area (Å²) in [5.74, 6) is 1.24. The Bertz CT molecular complexity index is 2240. The number of hydrogen-bond acceptors (Lipinski definition) is 9. The van der Waals surface area contributed by atoms with E-state index in [9.17, 15) is 4.79 Å². The Kier molecular flexibility index (Phi) is 11.3. The molecule has 4 aromatic carbocycles. The normalized spacial score (nSPS) is 18.7. The first-order valence-corrected chi connectivity index (χ1v) is 21.8. The highest BCUT2D eigenvalue weighted by Crippen LogP contribution is 2.46. The predicted molar refractivity (Wildman–Crippen MR) is 219 cm³/mol. The van der Waals surface area contributed by atoms with Gasteiger partial charge in [0.25, 0.3) is 5.91 Å². The third-order valence-corrected chi connectivity index (χ3v) is 15.5. The number of methoxy groups -OCH3 is 2. The van der Waals surface area contributed by atoms with Crippen LogP contribution in [0.1, 0.15) is 54.0 Å². The van der Waals surface area contributed by atoms with Crippen molar-refractivity contribution in [1.29, 1.82) is 0 Å². The van der Waals surface area contributed by atoms with Gasteiger partial charge in [-0.2, -0.15) is 0 Å².